The van der Waals surface area contributed by atoms with Crippen LogP contribution in [0.5, 0.6) is 0 Å². The fourth-order valence-electron chi connectivity index (χ4n) is 3.91. The number of carbonyl (C=O) groups excluding carboxylic acids is 1. The fraction of sp³-hybridized carbons (Fsp3) is 0.409. The Kier molecular flexibility index (Phi) is 5.72. The molecule has 0 saturated carbocycles. The zero-order valence-corrected chi connectivity index (χ0v) is 17.5. The molecule has 1 aliphatic rings. The van der Waals surface area contributed by atoms with E-state index in [2.05, 4.69) is 17.0 Å². The van der Waals surface area contributed by atoms with Gasteiger partial charge in [0.15, 0.2) is 0 Å². The lowest BCUT2D eigenvalue weighted by atomic mass is 10.1. The SMILES string of the molecule is CCCc1cc(C(=O)N2CCC[C@H]2c2ncc(Cc3ccccc3Cl)o2)n(C)n1. The average molecular weight is 413 g/mol. The first-order chi connectivity index (χ1) is 14.1. The van der Waals surface area contributed by atoms with Crippen LogP contribution in [0.4, 0.5) is 0 Å². The summed E-state index contributed by atoms with van der Waals surface area (Å²) in [5.41, 5.74) is 2.56. The topological polar surface area (TPSA) is 64.2 Å². The summed E-state index contributed by atoms with van der Waals surface area (Å²) in [5, 5.41) is 5.18. The van der Waals surface area contributed by atoms with Crippen molar-refractivity contribution >= 4 is 17.5 Å². The van der Waals surface area contributed by atoms with Crippen molar-refractivity contribution in [3.63, 3.8) is 0 Å². The third-order valence-corrected chi connectivity index (χ3v) is 5.72. The van der Waals surface area contributed by atoms with Crippen molar-refractivity contribution in [2.24, 2.45) is 7.05 Å². The fourth-order valence-corrected chi connectivity index (χ4v) is 4.11. The Morgan fingerprint density at radius 2 is 2.17 bits per heavy atom. The summed E-state index contributed by atoms with van der Waals surface area (Å²) in [7, 11) is 1.82. The van der Waals surface area contributed by atoms with Gasteiger partial charge in [0.1, 0.15) is 17.5 Å². The molecule has 0 aliphatic carbocycles. The van der Waals surface area contributed by atoms with Gasteiger partial charge in [-0.2, -0.15) is 5.10 Å². The lowest BCUT2D eigenvalue weighted by Crippen LogP contribution is -2.32. The molecule has 6 nitrogen and oxygen atoms in total. The first kappa shape index (κ1) is 19.7. The van der Waals surface area contributed by atoms with Gasteiger partial charge in [-0.3, -0.25) is 9.48 Å². The van der Waals surface area contributed by atoms with Gasteiger partial charge in [-0.1, -0.05) is 43.1 Å². The number of benzene rings is 1. The Morgan fingerprint density at radius 3 is 2.97 bits per heavy atom. The first-order valence-corrected chi connectivity index (χ1v) is 10.5. The maximum absolute atomic E-state index is 13.2. The molecule has 0 N–H and O–H groups in total. The van der Waals surface area contributed by atoms with Gasteiger partial charge in [-0.15, -0.1) is 0 Å². The molecule has 1 aromatic carbocycles. The van der Waals surface area contributed by atoms with Crippen LogP contribution in [0.15, 0.2) is 40.9 Å². The Labute approximate surface area is 175 Å². The molecule has 1 fully saturated rings. The zero-order valence-electron chi connectivity index (χ0n) is 16.8. The Hall–Kier alpha value is -2.60. The average Bonchev–Trinajstić information content (AvgIpc) is 3.43. The number of aromatic nitrogens is 3. The van der Waals surface area contributed by atoms with Crippen molar-refractivity contribution in [3.8, 4) is 0 Å². The molecule has 4 rings (SSSR count). The van der Waals surface area contributed by atoms with Crippen LogP contribution in [-0.2, 0) is 19.9 Å². The standard InChI is InChI=1S/C22H25ClN4O2/c1-3-7-16-13-20(26(2)25-16)22(28)27-11-6-10-19(27)21-24-14-17(29-21)12-15-8-4-5-9-18(15)23/h4-5,8-9,13-14,19H,3,6-7,10-12H2,1-2H3/t19-/m0/s1. The molecular formula is C22H25ClN4O2. The molecule has 0 spiro atoms. The molecule has 0 unspecified atom stereocenters. The molecule has 3 heterocycles. The van der Waals surface area contributed by atoms with Crippen LogP contribution in [0.25, 0.3) is 0 Å². The van der Waals surface area contributed by atoms with Gasteiger partial charge < -0.3 is 9.32 Å². The molecule has 1 saturated heterocycles. The number of oxazole rings is 1. The number of nitrogens with zero attached hydrogens (tertiary/aromatic N) is 4. The van der Waals surface area contributed by atoms with E-state index in [4.69, 9.17) is 16.0 Å². The number of rotatable bonds is 6. The molecule has 29 heavy (non-hydrogen) atoms. The van der Waals surface area contributed by atoms with Gasteiger partial charge in [-0.05, 0) is 37.0 Å². The van der Waals surface area contributed by atoms with Crippen LogP contribution in [0.3, 0.4) is 0 Å². The summed E-state index contributed by atoms with van der Waals surface area (Å²) in [4.78, 5) is 19.5. The number of hydrogen-bond acceptors (Lipinski definition) is 4. The first-order valence-electron chi connectivity index (χ1n) is 10.1. The van der Waals surface area contributed by atoms with E-state index in [0.717, 1.165) is 42.7 Å². The summed E-state index contributed by atoms with van der Waals surface area (Å²) < 4.78 is 7.71. The summed E-state index contributed by atoms with van der Waals surface area (Å²) >= 11 is 6.26. The van der Waals surface area contributed by atoms with Crippen LogP contribution >= 0.6 is 11.6 Å². The predicted molar refractivity (Wildman–Crippen MR) is 111 cm³/mol. The van der Waals surface area contributed by atoms with Crippen LogP contribution in [0.1, 0.15) is 65.6 Å². The van der Waals surface area contributed by atoms with Crippen molar-refractivity contribution in [1.82, 2.24) is 19.7 Å². The molecule has 0 bridgehead atoms. The maximum Gasteiger partial charge on any atom is 0.272 e. The van der Waals surface area contributed by atoms with E-state index in [1.165, 1.54) is 0 Å². The lowest BCUT2D eigenvalue weighted by Gasteiger charge is -2.22. The normalized spacial score (nSPS) is 16.5. The van der Waals surface area contributed by atoms with E-state index >= 15 is 0 Å². The number of amides is 1. The van der Waals surface area contributed by atoms with Crippen LogP contribution in [-0.4, -0.2) is 32.1 Å². The minimum atomic E-state index is -0.146. The largest absolute Gasteiger partial charge is 0.443 e. The molecule has 152 valence electrons. The molecule has 0 radical (unpaired) electrons. The minimum absolute atomic E-state index is 0.0179. The molecule has 1 aliphatic heterocycles. The molecule has 1 amide bonds. The molecule has 7 heteroatoms. The Morgan fingerprint density at radius 1 is 1.34 bits per heavy atom. The van der Waals surface area contributed by atoms with Crippen LogP contribution in [0, 0.1) is 0 Å². The highest BCUT2D eigenvalue weighted by Crippen LogP contribution is 2.33. The Balaban J connectivity index is 1.52. The third kappa shape index (κ3) is 4.08. The summed E-state index contributed by atoms with van der Waals surface area (Å²) in [6.07, 6.45) is 5.96. The molecular weight excluding hydrogens is 388 g/mol. The van der Waals surface area contributed by atoms with E-state index in [1.54, 1.807) is 10.9 Å². The predicted octanol–water partition coefficient (Wildman–Crippen LogP) is 4.58. The monoisotopic (exact) mass is 412 g/mol. The third-order valence-electron chi connectivity index (χ3n) is 5.35. The molecule has 2 aromatic heterocycles. The van der Waals surface area contributed by atoms with Gasteiger partial charge in [0.25, 0.3) is 5.91 Å². The Bertz CT molecular complexity index is 1010. The summed E-state index contributed by atoms with van der Waals surface area (Å²) in [6, 6.07) is 9.46. The van der Waals surface area contributed by atoms with Crippen molar-refractivity contribution in [2.45, 2.75) is 45.1 Å². The molecule has 3 aromatic rings. The van der Waals surface area contributed by atoms with Gasteiger partial charge in [0, 0.05) is 25.0 Å². The number of carbonyl (C=O) groups is 1. The highest BCUT2D eigenvalue weighted by Gasteiger charge is 2.35. The number of halogens is 1. The lowest BCUT2D eigenvalue weighted by molar-refractivity contribution is 0.0703. The number of aryl methyl sites for hydroxylation is 2. The van der Waals surface area contributed by atoms with Crippen molar-refractivity contribution in [2.75, 3.05) is 6.54 Å². The van der Waals surface area contributed by atoms with E-state index in [9.17, 15) is 4.79 Å². The van der Waals surface area contributed by atoms with Crippen LogP contribution < -0.4 is 0 Å². The van der Waals surface area contributed by atoms with E-state index in [0.29, 0.717) is 29.6 Å². The van der Waals surface area contributed by atoms with Gasteiger partial charge in [0.2, 0.25) is 5.89 Å². The second kappa shape index (κ2) is 8.41. The highest BCUT2D eigenvalue weighted by molar-refractivity contribution is 6.31. The smallest absolute Gasteiger partial charge is 0.272 e. The zero-order chi connectivity index (χ0) is 20.4. The van der Waals surface area contributed by atoms with Gasteiger partial charge >= 0.3 is 0 Å². The minimum Gasteiger partial charge on any atom is -0.443 e. The summed E-state index contributed by atoms with van der Waals surface area (Å²) in [6.45, 7) is 2.80. The van der Waals surface area contributed by atoms with Crippen LogP contribution in [0.2, 0.25) is 5.02 Å². The second-order valence-electron chi connectivity index (χ2n) is 7.48. The molecule has 1 atom stereocenters. The van der Waals surface area contributed by atoms with Crippen molar-refractivity contribution in [1.29, 1.82) is 0 Å². The summed E-state index contributed by atoms with van der Waals surface area (Å²) in [5.74, 6) is 1.32. The number of hydrogen-bond donors (Lipinski definition) is 0. The quantitative estimate of drug-likeness (QED) is 0.594. The van der Waals surface area contributed by atoms with Crippen molar-refractivity contribution < 1.29 is 9.21 Å². The van der Waals surface area contributed by atoms with E-state index in [1.807, 2.05) is 42.3 Å². The van der Waals surface area contributed by atoms with E-state index < -0.39 is 0 Å². The van der Waals surface area contributed by atoms with Gasteiger partial charge in [0.05, 0.1) is 11.9 Å². The second-order valence-corrected chi connectivity index (χ2v) is 7.89. The van der Waals surface area contributed by atoms with Gasteiger partial charge in [-0.25, -0.2) is 4.98 Å². The van der Waals surface area contributed by atoms with Crippen molar-refractivity contribution in [3.05, 3.63) is 70.2 Å². The maximum atomic E-state index is 13.2. The number of likely N-dealkylation sites (tertiary alicyclic amines) is 1. The van der Waals surface area contributed by atoms with E-state index in [-0.39, 0.29) is 11.9 Å². The highest BCUT2D eigenvalue weighted by atomic mass is 35.5.